The molecule has 188 valence electrons. The Bertz CT molecular complexity index is 1190. The quantitative estimate of drug-likeness (QED) is 0.270. The lowest BCUT2D eigenvalue weighted by atomic mass is 9.87. The van der Waals surface area contributed by atoms with Gasteiger partial charge in [0.1, 0.15) is 0 Å². The highest BCUT2D eigenvalue weighted by Gasteiger charge is 2.23. The number of aromatic amines is 3. The Labute approximate surface area is 211 Å². The van der Waals surface area contributed by atoms with Gasteiger partial charge in [0, 0.05) is 29.2 Å². The molecule has 35 heavy (non-hydrogen) atoms. The summed E-state index contributed by atoms with van der Waals surface area (Å²) in [5, 5.41) is 7.55. The summed E-state index contributed by atoms with van der Waals surface area (Å²) in [5.41, 5.74) is 10.6. The fraction of sp³-hybridized carbons (Fsp3) is 0.484. The second kappa shape index (κ2) is 10.9. The topological polar surface area (TPSA) is 50.6 Å². The van der Waals surface area contributed by atoms with Gasteiger partial charge in [0.05, 0.1) is 11.4 Å². The molecule has 4 rings (SSSR count). The first-order valence-electron chi connectivity index (χ1n) is 13.4. The van der Waals surface area contributed by atoms with Gasteiger partial charge in [-0.15, -0.1) is 0 Å². The summed E-state index contributed by atoms with van der Waals surface area (Å²) in [6.45, 7) is 21.1. The maximum atomic E-state index is 4.10. The van der Waals surface area contributed by atoms with E-state index in [-0.39, 0.29) is 0 Å². The van der Waals surface area contributed by atoms with Crippen molar-refractivity contribution in [3.05, 3.63) is 76.8 Å². The van der Waals surface area contributed by atoms with E-state index in [1.165, 1.54) is 63.0 Å². The molecular weight excluding hydrogens is 428 g/mol. The van der Waals surface area contributed by atoms with Crippen molar-refractivity contribution in [1.29, 1.82) is 0 Å². The highest BCUT2D eigenvalue weighted by molar-refractivity contribution is 5.93. The first-order chi connectivity index (χ1) is 16.8. The van der Waals surface area contributed by atoms with E-state index in [1.54, 1.807) is 0 Å². The number of likely N-dealkylation sites (tertiary alicyclic amines) is 1. The van der Waals surface area contributed by atoms with Crippen LogP contribution in [0.2, 0.25) is 0 Å². The molecular formula is C31H44N4. The van der Waals surface area contributed by atoms with Crippen molar-refractivity contribution in [2.45, 2.75) is 79.2 Å². The van der Waals surface area contributed by atoms with Gasteiger partial charge in [0.15, 0.2) is 0 Å². The molecule has 2 aromatic heterocycles. The van der Waals surface area contributed by atoms with Crippen LogP contribution in [0.15, 0.2) is 54.3 Å². The minimum atomic E-state index is 0.428. The van der Waals surface area contributed by atoms with Crippen molar-refractivity contribution in [2.75, 3.05) is 13.1 Å². The fourth-order valence-corrected chi connectivity index (χ4v) is 5.41. The number of benzene rings is 1. The Kier molecular flexibility index (Phi) is 7.91. The third-order valence-electron chi connectivity index (χ3n) is 8.13. The molecule has 1 atom stereocenters. The number of hydrogen-bond acceptors (Lipinski definition) is 1. The molecule has 0 amide bonds. The molecule has 3 heterocycles. The number of nitrogens with one attached hydrogen (secondary N) is 3. The molecule has 1 aliphatic rings. The van der Waals surface area contributed by atoms with E-state index in [9.17, 15) is 0 Å². The van der Waals surface area contributed by atoms with Gasteiger partial charge < -0.3 is 15.2 Å². The van der Waals surface area contributed by atoms with Gasteiger partial charge in [0.25, 0.3) is 0 Å². The Morgan fingerprint density at radius 2 is 1.89 bits per heavy atom. The minimum Gasteiger partial charge on any atom is -0.354 e. The predicted molar refractivity (Wildman–Crippen MR) is 151 cm³/mol. The Morgan fingerprint density at radius 1 is 1.17 bits per heavy atom. The van der Waals surface area contributed by atoms with Gasteiger partial charge in [0.2, 0.25) is 0 Å². The zero-order valence-electron chi connectivity index (χ0n) is 22.6. The van der Waals surface area contributed by atoms with Crippen LogP contribution in [0, 0.1) is 5.92 Å². The van der Waals surface area contributed by atoms with Gasteiger partial charge in [-0.2, -0.15) is 0 Å². The smallest absolute Gasteiger partial charge is 0.0629 e. The first kappa shape index (κ1) is 25.4. The van der Waals surface area contributed by atoms with Crippen LogP contribution in [-0.2, 0) is 6.54 Å². The number of aromatic nitrogens is 3. The summed E-state index contributed by atoms with van der Waals surface area (Å²) in [6.07, 6.45) is 10.0. The van der Waals surface area contributed by atoms with Gasteiger partial charge in [-0.25, -0.2) is 0 Å². The summed E-state index contributed by atoms with van der Waals surface area (Å²) < 4.78 is 0. The molecule has 1 saturated heterocycles. The normalized spacial score (nSPS) is 17.9. The van der Waals surface area contributed by atoms with Crippen LogP contribution < -0.4 is 0 Å². The van der Waals surface area contributed by atoms with Crippen LogP contribution in [0.4, 0.5) is 0 Å². The van der Waals surface area contributed by atoms with E-state index in [0.717, 1.165) is 26.1 Å². The number of hydrogen-bond donors (Lipinski definition) is 3. The lowest BCUT2D eigenvalue weighted by Crippen LogP contribution is -2.33. The number of nitrogens with zero attached hydrogens (tertiary/aromatic N) is 1. The van der Waals surface area contributed by atoms with Crippen LogP contribution in [0.3, 0.4) is 0 Å². The molecule has 0 aliphatic carbocycles. The molecule has 0 bridgehead atoms. The minimum absolute atomic E-state index is 0.428. The van der Waals surface area contributed by atoms with E-state index in [4.69, 9.17) is 0 Å². The molecule has 0 spiro atoms. The molecule has 0 radical (unpaired) electrons. The number of H-pyrrole nitrogens is 3. The van der Waals surface area contributed by atoms with Gasteiger partial charge in [-0.05, 0) is 92.8 Å². The molecule has 1 aromatic carbocycles. The summed E-state index contributed by atoms with van der Waals surface area (Å²) in [7, 11) is 0. The molecule has 3 aromatic rings. The van der Waals surface area contributed by atoms with Crippen LogP contribution in [0.25, 0.3) is 16.5 Å². The Morgan fingerprint density at radius 3 is 2.46 bits per heavy atom. The number of rotatable bonds is 9. The molecule has 4 nitrogen and oxygen atoms in total. The molecule has 1 aliphatic heterocycles. The zero-order chi connectivity index (χ0) is 25.1. The van der Waals surface area contributed by atoms with Crippen LogP contribution in [0.1, 0.15) is 95.2 Å². The SMILES string of the molecule is C=C/C(C)=C(\C=C(\C)C(C)CC)c1[nH]c2ccc(C3CCN(Cc4c[nH][nH]4)CC3)cc2c1C(C)C. The maximum absolute atomic E-state index is 4.10. The zero-order valence-corrected chi connectivity index (χ0v) is 22.6. The molecule has 0 saturated carbocycles. The predicted octanol–water partition coefficient (Wildman–Crippen LogP) is 8.28. The average molecular weight is 473 g/mol. The number of fused-ring (bicyclic) bond motifs is 1. The van der Waals surface area contributed by atoms with Crippen molar-refractivity contribution in [1.82, 2.24) is 20.1 Å². The second-order valence-electron chi connectivity index (χ2n) is 10.9. The number of piperidine rings is 1. The molecule has 3 N–H and O–H groups in total. The Hall–Kier alpha value is -2.72. The lowest BCUT2D eigenvalue weighted by molar-refractivity contribution is 0.200. The fourth-order valence-electron chi connectivity index (χ4n) is 5.41. The molecule has 1 unspecified atom stereocenters. The maximum Gasteiger partial charge on any atom is 0.0629 e. The second-order valence-corrected chi connectivity index (χ2v) is 10.9. The van der Waals surface area contributed by atoms with Crippen molar-refractivity contribution in [2.24, 2.45) is 5.92 Å². The van der Waals surface area contributed by atoms with Crippen molar-refractivity contribution < 1.29 is 0 Å². The lowest BCUT2D eigenvalue weighted by Gasteiger charge is -2.32. The Balaban J connectivity index is 1.68. The van der Waals surface area contributed by atoms with E-state index < -0.39 is 0 Å². The molecule has 4 heteroatoms. The van der Waals surface area contributed by atoms with E-state index in [0.29, 0.717) is 17.8 Å². The number of allylic oxidation sites excluding steroid dienone is 5. The van der Waals surface area contributed by atoms with Crippen molar-refractivity contribution >= 4 is 16.5 Å². The van der Waals surface area contributed by atoms with Gasteiger partial charge in [-0.3, -0.25) is 4.90 Å². The van der Waals surface area contributed by atoms with E-state index >= 15 is 0 Å². The van der Waals surface area contributed by atoms with Gasteiger partial charge >= 0.3 is 0 Å². The van der Waals surface area contributed by atoms with Crippen molar-refractivity contribution in [3.8, 4) is 0 Å². The third-order valence-corrected chi connectivity index (χ3v) is 8.13. The summed E-state index contributed by atoms with van der Waals surface area (Å²) in [4.78, 5) is 6.38. The first-order valence-corrected chi connectivity index (χ1v) is 13.4. The largest absolute Gasteiger partial charge is 0.354 e. The van der Waals surface area contributed by atoms with Crippen LogP contribution >= 0.6 is 0 Å². The monoisotopic (exact) mass is 472 g/mol. The van der Waals surface area contributed by atoms with E-state index in [2.05, 4.69) is 98.7 Å². The summed E-state index contributed by atoms with van der Waals surface area (Å²) in [6, 6.07) is 7.15. The van der Waals surface area contributed by atoms with Crippen LogP contribution in [0.5, 0.6) is 0 Å². The highest BCUT2D eigenvalue weighted by Crippen LogP contribution is 2.38. The van der Waals surface area contributed by atoms with Gasteiger partial charge in [-0.1, -0.05) is 58.1 Å². The third kappa shape index (κ3) is 5.43. The van der Waals surface area contributed by atoms with Crippen LogP contribution in [-0.4, -0.2) is 33.2 Å². The standard InChI is InChI=1S/C31H44N4/c1-8-21(5)23(7)16-27(22(6)9-2)31-30(20(3)4)28-17-25(10-11-29(28)33-31)24-12-14-35(15-13-24)19-26-18-32-34-26/h9-11,16-18,20-21,24,32-34H,2,8,12-15,19H2,1,3-7H3/b23-16-,27-22+. The van der Waals surface area contributed by atoms with Crippen molar-refractivity contribution in [3.63, 3.8) is 0 Å². The highest BCUT2D eigenvalue weighted by atomic mass is 15.2. The molecule has 1 fully saturated rings. The summed E-state index contributed by atoms with van der Waals surface area (Å²) in [5.74, 6) is 1.63. The van der Waals surface area contributed by atoms with E-state index in [1.807, 2.05) is 6.08 Å². The summed E-state index contributed by atoms with van der Waals surface area (Å²) >= 11 is 0. The average Bonchev–Trinajstić information content (AvgIpc) is 3.22.